The van der Waals surface area contributed by atoms with Gasteiger partial charge in [-0.1, -0.05) is 13.8 Å². The summed E-state index contributed by atoms with van der Waals surface area (Å²) in [5.74, 6) is -1.10. The Morgan fingerprint density at radius 2 is 2.15 bits per heavy atom. The molecule has 0 aliphatic carbocycles. The van der Waals surface area contributed by atoms with Crippen molar-refractivity contribution < 1.29 is 23.4 Å². The van der Waals surface area contributed by atoms with Crippen LogP contribution in [0.25, 0.3) is 0 Å². The van der Waals surface area contributed by atoms with Crippen molar-refractivity contribution in [2.75, 3.05) is 13.2 Å². The maximum Gasteiger partial charge on any atom is 0.325 e. The highest BCUT2D eigenvalue weighted by atomic mass is 32.2. The second-order valence-corrected chi connectivity index (χ2v) is 7.00. The molecule has 0 aliphatic rings. The number of carboxylic acids is 1. The fourth-order valence-electron chi connectivity index (χ4n) is 1.47. The van der Waals surface area contributed by atoms with Crippen LogP contribution in [-0.4, -0.2) is 47.5 Å². The van der Waals surface area contributed by atoms with Gasteiger partial charge in [-0.15, -0.1) is 0 Å². The minimum Gasteiger partial charge on any atom is -0.480 e. The summed E-state index contributed by atoms with van der Waals surface area (Å²) in [5.41, 5.74) is -0.376. The van der Waals surface area contributed by atoms with Gasteiger partial charge in [0.15, 0.2) is 0 Å². The van der Waals surface area contributed by atoms with E-state index in [2.05, 4.69) is 9.82 Å². The molecule has 1 heterocycles. The molecular weight excluding hydrogens is 286 g/mol. The largest absolute Gasteiger partial charge is 0.480 e. The first kappa shape index (κ1) is 16.6. The molecule has 3 N–H and O–H groups in total. The lowest BCUT2D eigenvalue weighted by atomic mass is 9.90. The number of aliphatic hydroxyl groups excluding tert-OH is 1. The fraction of sp³-hybridized carbons (Fsp3) is 0.636. The number of rotatable bonds is 8. The van der Waals surface area contributed by atoms with E-state index in [4.69, 9.17) is 10.2 Å². The third-order valence-corrected chi connectivity index (χ3v) is 4.10. The van der Waals surface area contributed by atoms with Gasteiger partial charge in [-0.2, -0.15) is 5.10 Å². The molecule has 1 aromatic rings. The summed E-state index contributed by atoms with van der Waals surface area (Å²) in [6, 6.07) is 0. The van der Waals surface area contributed by atoms with Gasteiger partial charge in [-0.3, -0.25) is 9.48 Å². The summed E-state index contributed by atoms with van der Waals surface area (Å²) < 4.78 is 27.5. The summed E-state index contributed by atoms with van der Waals surface area (Å²) >= 11 is 0. The first-order chi connectivity index (χ1) is 9.16. The van der Waals surface area contributed by atoms with E-state index in [1.807, 2.05) is 13.8 Å². The Bertz CT molecular complexity index is 564. The van der Waals surface area contributed by atoms with Gasteiger partial charge in [-0.05, 0) is 11.8 Å². The lowest BCUT2D eigenvalue weighted by molar-refractivity contribution is -0.137. The van der Waals surface area contributed by atoms with Crippen molar-refractivity contribution in [3.63, 3.8) is 0 Å². The van der Waals surface area contributed by atoms with Crippen LogP contribution < -0.4 is 4.72 Å². The van der Waals surface area contributed by atoms with E-state index in [0.717, 1.165) is 17.1 Å². The molecule has 0 unspecified atom stereocenters. The van der Waals surface area contributed by atoms with Gasteiger partial charge in [-0.25, -0.2) is 13.1 Å². The molecule has 0 amide bonds. The van der Waals surface area contributed by atoms with E-state index < -0.39 is 22.5 Å². The van der Waals surface area contributed by atoms with Gasteiger partial charge in [0.05, 0.1) is 6.20 Å². The molecule has 0 aliphatic heterocycles. The Labute approximate surface area is 117 Å². The Morgan fingerprint density at radius 3 is 2.70 bits per heavy atom. The fourth-order valence-corrected chi connectivity index (χ4v) is 2.67. The van der Waals surface area contributed by atoms with Crippen LogP contribution in [0.1, 0.15) is 20.3 Å². The average Bonchev–Trinajstić information content (AvgIpc) is 2.75. The maximum absolute atomic E-state index is 12.0. The van der Waals surface area contributed by atoms with E-state index in [-0.39, 0.29) is 23.5 Å². The van der Waals surface area contributed by atoms with Crippen LogP contribution in [0.15, 0.2) is 17.3 Å². The SMILES string of the molecule is CC(C)(CCO)CNS(=O)(=O)c1cnn(CC(=O)O)c1. The quantitative estimate of drug-likeness (QED) is 0.604. The summed E-state index contributed by atoms with van der Waals surface area (Å²) in [6.45, 7) is 3.41. The van der Waals surface area contributed by atoms with Crippen LogP contribution in [0.3, 0.4) is 0 Å². The summed E-state index contributed by atoms with van der Waals surface area (Å²) in [5, 5.41) is 21.2. The number of aliphatic hydroxyl groups is 1. The molecule has 20 heavy (non-hydrogen) atoms. The molecule has 0 radical (unpaired) electrons. The van der Waals surface area contributed by atoms with Gasteiger partial charge in [0.1, 0.15) is 11.4 Å². The molecule has 114 valence electrons. The molecule has 1 rings (SSSR count). The van der Waals surface area contributed by atoms with Crippen LogP contribution in [0.2, 0.25) is 0 Å². The number of carboxylic acid groups (broad SMARTS) is 1. The lowest BCUT2D eigenvalue weighted by Crippen LogP contribution is -2.34. The lowest BCUT2D eigenvalue weighted by Gasteiger charge is -2.23. The zero-order chi connectivity index (χ0) is 15.4. The molecule has 0 saturated carbocycles. The van der Waals surface area contributed by atoms with Crippen LogP contribution in [0.5, 0.6) is 0 Å². The topological polar surface area (TPSA) is 122 Å². The minimum atomic E-state index is -3.73. The van der Waals surface area contributed by atoms with Gasteiger partial charge in [0, 0.05) is 19.3 Å². The Balaban J connectivity index is 2.74. The molecule has 9 heteroatoms. The second-order valence-electron chi connectivity index (χ2n) is 5.23. The Hall–Kier alpha value is -1.45. The van der Waals surface area contributed by atoms with E-state index in [9.17, 15) is 13.2 Å². The van der Waals surface area contributed by atoms with Crippen molar-refractivity contribution in [2.45, 2.75) is 31.7 Å². The van der Waals surface area contributed by atoms with Crippen LogP contribution in [-0.2, 0) is 21.4 Å². The van der Waals surface area contributed by atoms with Crippen molar-refractivity contribution >= 4 is 16.0 Å². The first-order valence-corrected chi connectivity index (χ1v) is 7.49. The van der Waals surface area contributed by atoms with Crippen LogP contribution in [0, 0.1) is 5.41 Å². The van der Waals surface area contributed by atoms with E-state index in [1.165, 1.54) is 0 Å². The average molecular weight is 305 g/mol. The predicted octanol–water partition coefficient (Wildman–Crippen LogP) is -0.345. The van der Waals surface area contributed by atoms with Crippen molar-refractivity contribution in [1.29, 1.82) is 0 Å². The monoisotopic (exact) mass is 305 g/mol. The first-order valence-electron chi connectivity index (χ1n) is 6.01. The Kier molecular flexibility index (Phi) is 5.26. The zero-order valence-electron chi connectivity index (χ0n) is 11.4. The summed E-state index contributed by atoms with van der Waals surface area (Å²) in [6.07, 6.45) is 2.73. The number of nitrogens with one attached hydrogen (secondary N) is 1. The van der Waals surface area contributed by atoms with Gasteiger partial charge in [0.25, 0.3) is 0 Å². The highest BCUT2D eigenvalue weighted by Crippen LogP contribution is 2.19. The zero-order valence-corrected chi connectivity index (χ0v) is 12.2. The molecule has 0 spiro atoms. The number of aliphatic carboxylic acids is 1. The number of nitrogens with zero attached hydrogens (tertiary/aromatic N) is 2. The van der Waals surface area contributed by atoms with Gasteiger partial charge in [0.2, 0.25) is 10.0 Å². The molecule has 1 aromatic heterocycles. The number of sulfonamides is 1. The molecule has 0 saturated heterocycles. The summed E-state index contributed by atoms with van der Waals surface area (Å²) in [7, 11) is -3.73. The van der Waals surface area contributed by atoms with Crippen molar-refractivity contribution in [2.24, 2.45) is 5.41 Å². The number of hydrogen-bond donors (Lipinski definition) is 3. The standard InChI is InChI=1S/C11H19N3O5S/c1-11(2,3-4-15)8-13-20(18,19)9-5-12-14(6-9)7-10(16)17/h5-6,13,15H,3-4,7-8H2,1-2H3,(H,16,17). The normalized spacial score (nSPS) is 12.6. The number of carbonyl (C=O) groups is 1. The van der Waals surface area contributed by atoms with Crippen LogP contribution >= 0.6 is 0 Å². The van der Waals surface area contributed by atoms with Crippen molar-refractivity contribution in [1.82, 2.24) is 14.5 Å². The van der Waals surface area contributed by atoms with Crippen molar-refractivity contribution in [3.8, 4) is 0 Å². The smallest absolute Gasteiger partial charge is 0.325 e. The predicted molar refractivity (Wildman–Crippen MR) is 70.5 cm³/mol. The molecule has 0 atom stereocenters. The molecular formula is C11H19N3O5S. The number of aromatic nitrogens is 2. The highest BCUT2D eigenvalue weighted by Gasteiger charge is 2.23. The van der Waals surface area contributed by atoms with E-state index in [0.29, 0.717) is 6.42 Å². The van der Waals surface area contributed by atoms with E-state index >= 15 is 0 Å². The third kappa shape index (κ3) is 4.91. The Morgan fingerprint density at radius 1 is 1.50 bits per heavy atom. The van der Waals surface area contributed by atoms with Gasteiger partial charge < -0.3 is 10.2 Å². The van der Waals surface area contributed by atoms with E-state index in [1.54, 1.807) is 0 Å². The summed E-state index contributed by atoms with van der Waals surface area (Å²) in [4.78, 5) is 10.4. The molecule has 0 bridgehead atoms. The van der Waals surface area contributed by atoms with Gasteiger partial charge >= 0.3 is 5.97 Å². The van der Waals surface area contributed by atoms with Crippen molar-refractivity contribution in [3.05, 3.63) is 12.4 Å². The molecule has 8 nitrogen and oxygen atoms in total. The maximum atomic E-state index is 12.0. The van der Waals surface area contributed by atoms with Crippen LogP contribution in [0.4, 0.5) is 0 Å². The number of hydrogen-bond acceptors (Lipinski definition) is 5. The highest BCUT2D eigenvalue weighted by molar-refractivity contribution is 7.89. The minimum absolute atomic E-state index is 0.0225. The molecule has 0 aromatic carbocycles. The third-order valence-electron chi connectivity index (χ3n) is 2.75. The second kappa shape index (κ2) is 6.33. The molecule has 0 fully saturated rings.